The zero-order valence-corrected chi connectivity index (χ0v) is 19.6. The van der Waals surface area contributed by atoms with Crippen LogP contribution >= 0.6 is 0 Å². The topological polar surface area (TPSA) is 14.2 Å². The van der Waals surface area contributed by atoms with Crippen LogP contribution in [0.15, 0.2) is 127 Å². The van der Waals surface area contributed by atoms with E-state index in [1.165, 1.54) is 44.1 Å². The molecule has 0 fully saturated rings. The van der Waals surface area contributed by atoms with Gasteiger partial charge in [-0.25, -0.2) is 0 Å². The van der Waals surface area contributed by atoms with Gasteiger partial charge in [0.2, 0.25) is 0 Å². The van der Waals surface area contributed by atoms with Crippen molar-refractivity contribution in [1.29, 1.82) is 0 Å². The molecule has 2 nitrogen and oxygen atoms in total. The summed E-state index contributed by atoms with van der Waals surface area (Å²) in [5, 5.41) is 2.49. The third-order valence-electron chi connectivity index (χ3n) is 6.51. The molecule has 0 amide bonds. The Bertz CT molecular complexity index is 1600. The molecule has 0 saturated heterocycles. The summed E-state index contributed by atoms with van der Waals surface area (Å²) in [7, 11) is 1.70. The molecule has 0 saturated carbocycles. The Morgan fingerprint density at radius 2 is 1.20 bits per heavy atom. The number of rotatable bonds is 5. The Morgan fingerprint density at radius 3 is 1.86 bits per heavy atom. The van der Waals surface area contributed by atoms with Crippen molar-refractivity contribution in [3.63, 3.8) is 0 Å². The van der Waals surface area contributed by atoms with Gasteiger partial charge in [0.15, 0.2) is 0 Å². The van der Waals surface area contributed by atoms with Crippen LogP contribution in [0.3, 0.4) is 0 Å². The molecule has 5 aromatic carbocycles. The zero-order chi connectivity index (χ0) is 23.6. The highest BCUT2D eigenvalue weighted by atomic mass is 16.5. The summed E-state index contributed by atoms with van der Waals surface area (Å²) in [5.41, 5.74) is 8.31. The van der Waals surface area contributed by atoms with E-state index in [2.05, 4.69) is 126 Å². The maximum absolute atomic E-state index is 5.37. The summed E-state index contributed by atoms with van der Waals surface area (Å²) in [5.74, 6) is 0.858. The fourth-order valence-electron chi connectivity index (χ4n) is 4.83. The molecule has 35 heavy (non-hydrogen) atoms. The number of methoxy groups -OCH3 is 1. The van der Waals surface area contributed by atoms with E-state index < -0.39 is 0 Å². The van der Waals surface area contributed by atoms with Crippen molar-refractivity contribution in [1.82, 2.24) is 4.57 Å². The predicted molar refractivity (Wildman–Crippen MR) is 147 cm³/mol. The summed E-state index contributed by atoms with van der Waals surface area (Å²) >= 11 is 0. The van der Waals surface area contributed by atoms with Crippen LogP contribution < -0.4 is 4.74 Å². The van der Waals surface area contributed by atoms with Gasteiger partial charge in [-0.1, -0.05) is 84.9 Å². The van der Waals surface area contributed by atoms with Crippen molar-refractivity contribution in [3.05, 3.63) is 144 Å². The Labute approximate surface area is 205 Å². The predicted octanol–water partition coefficient (Wildman–Crippen LogP) is 8.38. The maximum atomic E-state index is 5.37. The van der Waals surface area contributed by atoms with Gasteiger partial charge in [-0.15, -0.1) is 0 Å². The second kappa shape index (κ2) is 9.00. The van der Waals surface area contributed by atoms with Gasteiger partial charge in [-0.2, -0.15) is 0 Å². The average Bonchev–Trinajstić information content (AvgIpc) is 3.26. The highest BCUT2D eigenvalue weighted by molar-refractivity contribution is 6.10. The molecule has 2 heteroatoms. The second-order valence-electron chi connectivity index (χ2n) is 8.62. The summed E-state index contributed by atoms with van der Waals surface area (Å²) in [6.45, 7) is 0. The van der Waals surface area contributed by atoms with Gasteiger partial charge in [0.25, 0.3) is 0 Å². The number of para-hydroxylation sites is 1. The molecule has 0 aliphatic heterocycles. The van der Waals surface area contributed by atoms with Crippen LogP contribution in [0.2, 0.25) is 0 Å². The van der Waals surface area contributed by atoms with E-state index in [4.69, 9.17) is 4.74 Å². The molecule has 0 bridgehead atoms. The fraction of sp³-hybridized carbons (Fsp3) is 0.0303. The standard InChI is InChI=1S/C33H25NO/c1-35-28-19-17-27(18-20-28)34-32-15-9-8-14-29(32)31-23-24(16-21-33(31)34)22-30(25-10-4-2-5-11-25)26-12-6-3-7-13-26/h2-23H,1H3. The lowest BCUT2D eigenvalue weighted by molar-refractivity contribution is 0.415. The van der Waals surface area contributed by atoms with Crippen LogP contribution in [0.5, 0.6) is 5.75 Å². The van der Waals surface area contributed by atoms with Crippen molar-refractivity contribution >= 4 is 33.5 Å². The molecule has 0 aliphatic carbocycles. The SMILES string of the molecule is COc1ccc(-n2c3ccccc3c3cc(C=C(c4ccccc4)c4ccccc4)ccc32)cc1. The summed E-state index contributed by atoms with van der Waals surface area (Å²) in [6, 6.07) is 44.8. The zero-order valence-electron chi connectivity index (χ0n) is 19.6. The van der Waals surface area contributed by atoms with E-state index in [1.54, 1.807) is 7.11 Å². The van der Waals surface area contributed by atoms with Gasteiger partial charge in [0, 0.05) is 16.5 Å². The Hall–Kier alpha value is -4.56. The maximum Gasteiger partial charge on any atom is 0.119 e. The highest BCUT2D eigenvalue weighted by Gasteiger charge is 2.13. The number of nitrogens with zero attached hydrogens (tertiary/aromatic N) is 1. The molecule has 0 spiro atoms. The molecule has 1 aromatic heterocycles. The molecule has 0 aliphatic rings. The third kappa shape index (κ3) is 3.89. The monoisotopic (exact) mass is 451 g/mol. The van der Waals surface area contributed by atoms with Crippen molar-refractivity contribution in [2.45, 2.75) is 0 Å². The van der Waals surface area contributed by atoms with Gasteiger partial charge in [0.1, 0.15) is 5.75 Å². The van der Waals surface area contributed by atoms with Crippen molar-refractivity contribution in [2.24, 2.45) is 0 Å². The first-order chi connectivity index (χ1) is 17.3. The van der Waals surface area contributed by atoms with E-state index >= 15 is 0 Å². The van der Waals surface area contributed by atoms with E-state index in [1.807, 2.05) is 12.1 Å². The van der Waals surface area contributed by atoms with E-state index in [0.717, 1.165) is 11.4 Å². The minimum Gasteiger partial charge on any atom is -0.497 e. The van der Waals surface area contributed by atoms with Gasteiger partial charge in [-0.05, 0) is 70.8 Å². The lowest BCUT2D eigenvalue weighted by Crippen LogP contribution is -1.94. The highest BCUT2D eigenvalue weighted by Crippen LogP contribution is 2.34. The summed E-state index contributed by atoms with van der Waals surface area (Å²) in [4.78, 5) is 0. The second-order valence-corrected chi connectivity index (χ2v) is 8.62. The normalized spacial score (nSPS) is 11.0. The van der Waals surface area contributed by atoms with E-state index in [-0.39, 0.29) is 0 Å². The Kier molecular flexibility index (Phi) is 5.40. The number of hydrogen-bond acceptors (Lipinski definition) is 1. The molecule has 0 N–H and O–H groups in total. The Balaban J connectivity index is 1.55. The number of benzene rings is 5. The van der Waals surface area contributed by atoms with Crippen LogP contribution in [0.25, 0.3) is 39.1 Å². The molecule has 0 atom stereocenters. The smallest absolute Gasteiger partial charge is 0.119 e. The number of hydrogen-bond donors (Lipinski definition) is 0. The minimum absolute atomic E-state index is 0.858. The average molecular weight is 452 g/mol. The lowest BCUT2D eigenvalue weighted by Gasteiger charge is -2.10. The molecule has 168 valence electrons. The quantitative estimate of drug-likeness (QED) is 0.240. The van der Waals surface area contributed by atoms with E-state index in [9.17, 15) is 0 Å². The molecular weight excluding hydrogens is 426 g/mol. The van der Waals surface area contributed by atoms with E-state index in [0.29, 0.717) is 0 Å². The van der Waals surface area contributed by atoms with Gasteiger partial charge in [-0.3, -0.25) is 0 Å². The van der Waals surface area contributed by atoms with Crippen molar-refractivity contribution < 1.29 is 4.74 Å². The number of ether oxygens (including phenoxy) is 1. The van der Waals surface area contributed by atoms with Crippen molar-refractivity contribution in [3.8, 4) is 11.4 Å². The van der Waals surface area contributed by atoms with Gasteiger partial charge >= 0.3 is 0 Å². The molecule has 0 unspecified atom stereocenters. The first-order valence-corrected chi connectivity index (χ1v) is 11.8. The minimum atomic E-state index is 0.858. The third-order valence-corrected chi connectivity index (χ3v) is 6.51. The number of fused-ring (bicyclic) bond motifs is 3. The molecule has 0 radical (unpaired) electrons. The van der Waals surface area contributed by atoms with Crippen LogP contribution in [0.4, 0.5) is 0 Å². The first kappa shape index (κ1) is 21.0. The Morgan fingerprint density at radius 1 is 0.600 bits per heavy atom. The largest absolute Gasteiger partial charge is 0.497 e. The fourth-order valence-corrected chi connectivity index (χ4v) is 4.83. The molecule has 1 heterocycles. The van der Waals surface area contributed by atoms with Crippen LogP contribution in [0.1, 0.15) is 16.7 Å². The van der Waals surface area contributed by atoms with Gasteiger partial charge < -0.3 is 9.30 Å². The molecule has 6 rings (SSSR count). The number of aromatic nitrogens is 1. The van der Waals surface area contributed by atoms with Gasteiger partial charge in [0.05, 0.1) is 18.1 Å². The summed E-state index contributed by atoms with van der Waals surface area (Å²) < 4.78 is 7.70. The van der Waals surface area contributed by atoms with Crippen LogP contribution in [-0.4, -0.2) is 11.7 Å². The molecule has 6 aromatic rings. The van der Waals surface area contributed by atoms with Crippen molar-refractivity contribution in [2.75, 3.05) is 7.11 Å². The lowest BCUT2D eigenvalue weighted by atomic mass is 9.95. The molecular formula is C33H25NO. The van der Waals surface area contributed by atoms with Crippen LogP contribution in [-0.2, 0) is 0 Å². The first-order valence-electron chi connectivity index (χ1n) is 11.8. The summed E-state index contributed by atoms with van der Waals surface area (Å²) in [6.07, 6.45) is 2.30. The van der Waals surface area contributed by atoms with Crippen LogP contribution in [0, 0.1) is 0 Å².